The van der Waals surface area contributed by atoms with Crippen molar-refractivity contribution in [2.75, 3.05) is 13.1 Å². The minimum Gasteiger partial charge on any atom is -0.341 e. The van der Waals surface area contributed by atoms with E-state index < -0.39 is 18.1 Å². The molecule has 0 aliphatic heterocycles. The van der Waals surface area contributed by atoms with Gasteiger partial charge in [-0.2, -0.15) is 13.2 Å². The fourth-order valence-corrected chi connectivity index (χ4v) is 1.32. The Morgan fingerprint density at radius 1 is 1.50 bits per heavy atom. The van der Waals surface area contributed by atoms with Crippen molar-refractivity contribution >= 4 is 18.3 Å². The van der Waals surface area contributed by atoms with Gasteiger partial charge in [-0.1, -0.05) is 0 Å². The van der Waals surface area contributed by atoms with Gasteiger partial charge in [-0.3, -0.25) is 4.79 Å². The van der Waals surface area contributed by atoms with Crippen LogP contribution < -0.4 is 5.73 Å². The van der Waals surface area contributed by atoms with Crippen LogP contribution >= 0.6 is 12.4 Å². The number of hydrogen-bond donors (Lipinski definition) is 1. The first kappa shape index (κ1) is 15.5. The van der Waals surface area contributed by atoms with Gasteiger partial charge in [0.25, 0.3) is 0 Å². The van der Waals surface area contributed by atoms with Gasteiger partial charge in [0.15, 0.2) is 6.04 Å². The first-order valence-corrected chi connectivity index (χ1v) is 4.97. The zero-order valence-corrected chi connectivity index (χ0v) is 9.77. The van der Waals surface area contributed by atoms with Crippen molar-refractivity contribution in [1.82, 2.24) is 4.90 Å². The predicted octanol–water partition coefficient (Wildman–Crippen LogP) is 1.56. The number of carbonyl (C=O) groups excluding carboxylic acids is 1. The molecule has 0 heterocycles. The largest absolute Gasteiger partial charge is 0.412 e. The number of rotatable bonds is 4. The van der Waals surface area contributed by atoms with Crippen molar-refractivity contribution < 1.29 is 18.0 Å². The van der Waals surface area contributed by atoms with E-state index in [0.29, 0.717) is 12.5 Å². The van der Waals surface area contributed by atoms with Crippen LogP contribution in [0.15, 0.2) is 0 Å². The van der Waals surface area contributed by atoms with Gasteiger partial charge in [-0.25, -0.2) is 0 Å². The molecule has 96 valence electrons. The first-order chi connectivity index (χ1) is 6.86. The molecular weight excluding hydrogens is 245 g/mol. The Morgan fingerprint density at radius 2 is 2.00 bits per heavy atom. The van der Waals surface area contributed by atoms with E-state index in [1.54, 1.807) is 6.92 Å². The second kappa shape index (κ2) is 5.72. The highest BCUT2D eigenvalue weighted by molar-refractivity contribution is 5.85. The maximum Gasteiger partial charge on any atom is 0.412 e. The summed E-state index contributed by atoms with van der Waals surface area (Å²) in [6.45, 7) is 2.33. The topological polar surface area (TPSA) is 46.3 Å². The van der Waals surface area contributed by atoms with Crippen LogP contribution in [-0.2, 0) is 4.79 Å². The molecular formula is C9H16ClF3N2O. The average molecular weight is 261 g/mol. The Labute approximate surface area is 98.6 Å². The molecule has 7 heteroatoms. The minimum absolute atomic E-state index is 0. The van der Waals surface area contributed by atoms with Crippen LogP contribution in [0.3, 0.4) is 0 Å². The van der Waals surface area contributed by atoms with Crippen LogP contribution in [0, 0.1) is 5.92 Å². The monoisotopic (exact) mass is 260 g/mol. The average Bonchev–Trinajstić information content (AvgIpc) is 2.94. The lowest BCUT2D eigenvalue weighted by molar-refractivity contribution is -0.170. The van der Waals surface area contributed by atoms with Gasteiger partial charge in [0, 0.05) is 13.1 Å². The molecule has 1 saturated carbocycles. The highest BCUT2D eigenvalue weighted by atomic mass is 35.5. The second-order valence-electron chi connectivity index (χ2n) is 3.84. The summed E-state index contributed by atoms with van der Waals surface area (Å²) in [6.07, 6.45) is -2.66. The molecule has 0 radical (unpaired) electrons. The van der Waals surface area contributed by atoms with Gasteiger partial charge in [0.05, 0.1) is 0 Å². The quantitative estimate of drug-likeness (QED) is 0.834. The molecule has 0 saturated heterocycles. The fourth-order valence-electron chi connectivity index (χ4n) is 1.32. The molecule has 1 unspecified atom stereocenters. The molecule has 1 atom stereocenters. The van der Waals surface area contributed by atoms with Gasteiger partial charge >= 0.3 is 6.18 Å². The van der Waals surface area contributed by atoms with E-state index in [0.717, 1.165) is 12.8 Å². The summed E-state index contributed by atoms with van der Waals surface area (Å²) >= 11 is 0. The summed E-state index contributed by atoms with van der Waals surface area (Å²) in [7, 11) is 0. The van der Waals surface area contributed by atoms with E-state index in [9.17, 15) is 18.0 Å². The molecule has 0 spiro atoms. The van der Waals surface area contributed by atoms with E-state index >= 15 is 0 Å². The summed E-state index contributed by atoms with van der Waals surface area (Å²) < 4.78 is 36.5. The normalized spacial score (nSPS) is 17.6. The molecule has 1 aliphatic carbocycles. The molecule has 16 heavy (non-hydrogen) atoms. The summed E-state index contributed by atoms with van der Waals surface area (Å²) in [4.78, 5) is 12.6. The molecule has 1 amide bonds. The van der Waals surface area contributed by atoms with Crippen LogP contribution in [0.25, 0.3) is 0 Å². The maximum atomic E-state index is 12.2. The number of alkyl halides is 3. The third-order valence-corrected chi connectivity index (χ3v) is 2.49. The van der Waals surface area contributed by atoms with Crippen molar-refractivity contribution in [2.24, 2.45) is 11.7 Å². The lowest BCUT2D eigenvalue weighted by Crippen LogP contribution is -2.52. The van der Waals surface area contributed by atoms with Crippen molar-refractivity contribution in [3.63, 3.8) is 0 Å². The number of amides is 1. The van der Waals surface area contributed by atoms with Crippen LogP contribution in [-0.4, -0.2) is 36.1 Å². The predicted molar refractivity (Wildman–Crippen MR) is 56.3 cm³/mol. The molecule has 0 aromatic rings. The number of likely N-dealkylation sites (N-methyl/N-ethyl adjacent to an activating group) is 1. The molecule has 0 aromatic heterocycles. The van der Waals surface area contributed by atoms with Crippen LogP contribution in [0.2, 0.25) is 0 Å². The van der Waals surface area contributed by atoms with Gasteiger partial charge in [0.2, 0.25) is 5.91 Å². The highest BCUT2D eigenvalue weighted by Gasteiger charge is 2.44. The van der Waals surface area contributed by atoms with Gasteiger partial charge in [0.1, 0.15) is 0 Å². The van der Waals surface area contributed by atoms with Gasteiger partial charge in [-0.05, 0) is 25.7 Å². The molecule has 1 rings (SSSR count). The molecule has 2 N–H and O–H groups in total. The Morgan fingerprint density at radius 3 is 2.31 bits per heavy atom. The van der Waals surface area contributed by atoms with Crippen LogP contribution in [0.5, 0.6) is 0 Å². The maximum absolute atomic E-state index is 12.2. The zero-order chi connectivity index (χ0) is 11.6. The van der Waals surface area contributed by atoms with Gasteiger partial charge in [-0.15, -0.1) is 12.4 Å². The summed E-state index contributed by atoms with van der Waals surface area (Å²) in [5.74, 6) is -0.647. The van der Waals surface area contributed by atoms with Crippen LogP contribution in [0.1, 0.15) is 19.8 Å². The van der Waals surface area contributed by atoms with Crippen molar-refractivity contribution in [3.05, 3.63) is 0 Å². The second-order valence-corrected chi connectivity index (χ2v) is 3.84. The molecule has 1 aliphatic rings. The fraction of sp³-hybridized carbons (Fsp3) is 0.889. The highest BCUT2D eigenvalue weighted by Crippen LogP contribution is 2.30. The van der Waals surface area contributed by atoms with Crippen molar-refractivity contribution in [1.29, 1.82) is 0 Å². The smallest absolute Gasteiger partial charge is 0.341 e. The van der Waals surface area contributed by atoms with Gasteiger partial charge < -0.3 is 10.6 Å². The number of hydrogen-bond acceptors (Lipinski definition) is 2. The number of halogens is 4. The number of nitrogens with zero attached hydrogens (tertiary/aromatic N) is 1. The Hall–Kier alpha value is -0.490. The standard InChI is InChI=1S/C9H15F3N2O.ClH/c1-2-14(5-6-3-4-6)8(15)7(13)9(10,11)12;/h6-7H,2-5,13H2,1H3;1H. The van der Waals surface area contributed by atoms with E-state index in [1.165, 1.54) is 4.90 Å². The minimum atomic E-state index is -4.64. The van der Waals surface area contributed by atoms with E-state index in [1.807, 2.05) is 0 Å². The third-order valence-electron chi connectivity index (χ3n) is 2.49. The Kier molecular flexibility index (Phi) is 5.55. The van der Waals surface area contributed by atoms with Crippen molar-refractivity contribution in [3.8, 4) is 0 Å². The SMILES string of the molecule is CCN(CC1CC1)C(=O)C(N)C(F)(F)F.Cl. The third kappa shape index (κ3) is 4.17. The van der Waals surface area contributed by atoms with E-state index in [2.05, 4.69) is 0 Å². The summed E-state index contributed by atoms with van der Waals surface area (Å²) in [5.41, 5.74) is 4.85. The molecule has 0 bridgehead atoms. The molecule has 0 aromatic carbocycles. The van der Waals surface area contributed by atoms with E-state index in [-0.39, 0.29) is 19.0 Å². The number of carbonyl (C=O) groups is 1. The lowest BCUT2D eigenvalue weighted by Gasteiger charge is -2.25. The molecule has 3 nitrogen and oxygen atoms in total. The first-order valence-electron chi connectivity index (χ1n) is 4.97. The summed E-state index contributed by atoms with van der Waals surface area (Å²) in [6, 6.07) is -2.38. The van der Waals surface area contributed by atoms with Crippen molar-refractivity contribution in [2.45, 2.75) is 32.0 Å². The number of nitrogens with two attached hydrogens (primary N) is 1. The lowest BCUT2D eigenvalue weighted by atomic mass is 10.2. The van der Waals surface area contributed by atoms with Crippen LogP contribution in [0.4, 0.5) is 13.2 Å². The Balaban J connectivity index is 0.00000225. The summed E-state index contributed by atoms with van der Waals surface area (Å²) in [5, 5.41) is 0. The Bertz CT molecular complexity index is 243. The molecule has 1 fully saturated rings. The van der Waals surface area contributed by atoms with E-state index in [4.69, 9.17) is 5.73 Å². The zero-order valence-electron chi connectivity index (χ0n) is 8.96.